The van der Waals surface area contributed by atoms with Gasteiger partial charge in [0.05, 0.1) is 11.9 Å². The summed E-state index contributed by atoms with van der Waals surface area (Å²) in [5, 5.41) is 11.8. The molecule has 8 nitrogen and oxygen atoms in total. The third-order valence-electron chi connectivity index (χ3n) is 3.44. The molecular weight excluding hydrogens is 292 g/mol. The summed E-state index contributed by atoms with van der Waals surface area (Å²) in [6.45, 7) is 2.03. The topological polar surface area (TPSA) is 84.2 Å². The summed E-state index contributed by atoms with van der Waals surface area (Å²) in [7, 11) is -3.13. The Bertz CT molecular complexity index is 706. The highest BCUT2D eigenvalue weighted by atomic mass is 32.2. The molecule has 1 aliphatic rings. The Morgan fingerprint density at radius 2 is 1.71 bits per heavy atom. The van der Waals surface area contributed by atoms with Crippen LogP contribution in [0.1, 0.15) is 0 Å². The average molecular weight is 308 g/mol. The van der Waals surface area contributed by atoms with Crippen LogP contribution in [0, 0.1) is 0 Å². The van der Waals surface area contributed by atoms with E-state index in [1.807, 2.05) is 35.2 Å². The van der Waals surface area contributed by atoms with Crippen molar-refractivity contribution in [1.82, 2.24) is 24.5 Å². The second kappa shape index (κ2) is 5.41. The summed E-state index contributed by atoms with van der Waals surface area (Å²) in [6.07, 6.45) is 1.23. The summed E-state index contributed by atoms with van der Waals surface area (Å²) in [5.41, 5.74) is 0.878. The monoisotopic (exact) mass is 308 g/mol. The zero-order valence-electron chi connectivity index (χ0n) is 11.6. The van der Waals surface area contributed by atoms with E-state index in [1.54, 1.807) is 4.68 Å². The van der Waals surface area contributed by atoms with Gasteiger partial charge in [0.15, 0.2) is 0 Å². The predicted octanol–water partition coefficient (Wildman–Crippen LogP) is -0.256. The first-order valence-electron chi connectivity index (χ1n) is 6.59. The molecule has 0 radical (unpaired) electrons. The quantitative estimate of drug-likeness (QED) is 0.777. The lowest BCUT2D eigenvalue weighted by molar-refractivity contribution is 0.385. The van der Waals surface area contributed by atoms with Crippen molar-refractivity contribution in [2.45, 2.75) is 0 Å². The van der Waals surface area contributed by atoms with E-state index in [1.165, 1.54) is 10.6 Å². The molecular formula is C12H16N6O2S. The van der Waals surface area contributed by atoms with Crippen molar-refractivity contribution in [1.29, 1.82) is 0 Å². The van der Waals surface area contributed by atoms with Crippen LogP contribution >= 0.6 is 0 Å². The highest BCUT2D eigenvalue weighted by Gasteiger charge is 2.26. The molecule has 0 unspecified atom stereocenters. The molecule has 1 aromatic carbocycles. The van der Waals surface area contributed by atoms with Gasteiger partial charge in [-0.2, -0.15) is 8.99 Å². The van der Waals surface area contributed by atoms with Gasteiger partial charge in [-0.1, -0.05) is 23.3 Å². The minimum absolute atomic E-state index is 0.445. The zero-order chi connectivity index (χ0) is 14.9. The van der Waals surface area contributed by atoms with Crippen LogP contribution < -0.4 is 4.90 Å². The van der Waals surface area contributed by atoms with Crippen molar-refractivity contribution >= 4 is 16.0 Å². The number of rotatable bonds is 3. The van der Waals surface area contributed by atoms with Gasteiger partial charge in [-0.25, -0.2) is 8.42 Å². The molecule has 0 atom stereocenters. The van der Waals surface area contributed by atoms with Crippen LogP contribution in [0.25, 0.3) is 5.69 Å². The number of anilines is 1. The molecule has 1 saturated heterocycles. The minimum atomic E-state index is -3.13. The summed E-state index contributed by atoms with van der Waals surface area (Å²) >= 11 is 0. The smallest absolute Gasteiger partial charge is 0.250 e. The number of tetrazole rings is 1. The maximum Gasteiger partial charge on any atom is 0.250 e. The van der Waals surface area contributed by atoms with Crippen molar-refractivity contribution in [3.05, 3.63) is 30.3 Å². The molecule has 0 saturated carbocycles. The first-order chi connectivity index (χ1) is 10.1. The molecule has 1 fully saturated rings. The second-order valence-corrected chi connectivity index (χ2v) is 6.86. The van der Waals surface area contributed by atoms with Gasteiger partial charge < -0.3 is 4.90 Å². The molecule has 1 aliphatic heterocycles. The van der Waals surface area contributed by atoms with Gasteiger partial charge >= 0.3 is 0 Å². The second-order valence-electron chi connectivity index (χ2n) is 4.88. The van der Waals surface area contributed by atoms with E-state index in [0.717, 1.165) is 5.69 Å². The molecule has 0 aliphatic carbocycles. The molecule has 0 N–H and O–H groups in total. The van der Waals surface area contributed by atoms with Crippen molar-refractivity contribution in [3.63, 3.8) is 0 Å². The van der Waals surface area contributed by atoms with Crippen molar-refractivity contribution in [2.24, 2.45) is 0 Å². The van der Waals surface area contributed by atoms with Gasteiger partial charge in [-0.15, -0.1) is 0 Å². The third kappa shape index (κ3) is 2.88. The summed E-state index contributed by atoms with van der Waals surface area (Å²) < 4.78 is 26.2. The summed E-state index contributed by atoms with van der Waals surface area (Å²) in [4.78, 5) is 1.99. The maximum absolute atomic E-state index is 11.5. The van der Waals surface area contributed by atoms with E-state index in [9.17, 15) is 8.42 Å². The molecule has 9 heteroatoms. The molecule has 0 amide bonds. The third-order valence-corrected chi connectivity index (χ3v) is 4.75. The van der Waals surface area contributed by atoms with Crippen LogP contribution in [0.2, 0.25) is 0 Å². The van der Waals surface area contributed by atoms with Crippen LogP contribution in [0.15, 0.2) is 30.3 Å². The van der Waals surface area contributed by atoms with Crippen molar-refractivity contribution < 1.29 is 8.42 Å². The highest BCUT2D eigenvalue weighted by molar-refractivity contribution is 7.88. The van der Waals surface area contributed by atoms with E-state index in [-0.39, 0.29) is 0 Å². The van der Waals surface area contributed by atoms with E-state index in [0.29, 0.717) is 32.1 Å². The minimum Gasteiger partial charge on any atom is -0.337 e. The van der Waals surface area contributed by atoms with Crippen LogP contribution in [0.5, 0.6) is 0 Å². The molecule has 0 spiro atoms. The Morgan fingerprint density at radius 3 is 2.33 bits per heavy atom. The van der Waals surface area contributed by atoms with Gasteiger partial charge in [-0.05, 0) is 22.6 Å². The number of piperazine rings is 1. The molecule has 3 rings (SSSR count). The van der Waals surface area contributed by atoms with Gasteiger partial charge in [-0.3, -0.25) is 0 Å². The van der Waals surface area contributed by atoms with E-state index >= 15 is 0 Å². The van der Waals surface area contributed by atoms with Gasteiger partial charge in [0.25, 0.3) is 0 Å². The lowest BCUT2D eigenvalue weighted by Crippen LogP contribution is -2.49. The lowest BCUT2D eigenvalue weighted by atomic mass is 10.3. The number of aromatic nitrogens is 4. The normalized spacial score (nSPS) is 17.1. The van der Waals surface area contributed by atoms with E-state index in [4.69, 9.17) is 0 Å². The van der Waals surface area contributed by atoms with Crippen molar-refractivity contribution in [3.8, 4) is 5.69 Å². The Hall–Kier alpha value is -2.00. The average Bonchev–Trinajstić information content (AvgIpc) is 2.97. The van der Waals surface area contributed by atoms with Gasteiger partial charge in [0.2, 0.25) is 16.0 Å². The molecule has 112 valence electrons. The van der Waals surface area contributed by atoms with E-state index in [2.05, 4.69) is 15.5 Å². The lowest BCUT2D eigenvalue weighted by Gasteiger charge is -2.33. The molecule has 2 aromatic rings. The number of para-hydroxylation sites is 1. The standard InChI is InChI=1S/C12H16N6O2S/c1-21(19,20)17-9-7-16(8-10-17)12-13-14-15-18(12)11-5-3-2-4-6-11/h2-6H,7-10H2,1H3. The number of hydrogen-bond acceptors (Lipinski definition) is 6. The number of nitrogens with zero attached hydrogens (tertiary/aromatic N) is 6. The van der Waals surface area contributed by atoms with Gasteiger partial charge in [0, 0.05) is 26.2 Å². The number of hydrogen-bond donors (Lipinski definition) is 0. The fourth-order valence-electron chi connectivity index (χ4n) is 2.34. The molecule has 1 aromatic heterocycles. The van der Waals surface area contributed by atoms with Crippen molar-refractivity contribution in [2.75, 3.05) is 37.3 Å². The molecule has 21 heavy (non-hydrogen) atoms. The molecule has 2 heterocycles. The van der Waals surface area contributed by atoms with Crippen LogP contribution in [-0.2, 0) is 10.0 Å². The predicted molar refractivity (Wildman–Crippen MR) is 77.8 cm³/mol. The molecule has 0 bridgehead atoms. The largest absolute Gasteiger partial charge is 0.337 e. The highest BCUT2D eigenvalue weighted by Crippen LogP contribution is 2.17. The first-order valence-corrected chi connectivity index (χ1v) is 8.44. The van der Waals surface area contributed by atoms with Crippen LogP contribution in [-0.4, -0.2) is 65.4 Å². The SMILES string of the molecule is CS(=O)(=O)N1CCN(c2nnnn2-c2ccccc2)CC1. The van der Waals surface area contributed by atoms with Crippen LogP contribution in [0.4, 0.5) is 5.95 Å². The Morgan fingerprint density at radius 1 is 1.05 bits per heavy atom. The number of sulfonamides is 1. The fraction of sp³-hybridized carbons (Fsp3) is 0.417. The van der Waals surface area contributed by atoms with Gasteiger partial charge in [0.1, 0.15) is 0 Å². The summed E-state index contributed by atoms with van der Waals surface area (Å²) in [5.74, 6) is 0.634. The first kappa shape index (κ1) is 14.0. The summed E-state index contributed by atoms with van der Waals surface area (Å²) in [6, 6.07) is 9.61. The Balaban J connectivity index is 1.80. The maximum atomic E-state index is 11.5. The van der Waals surface area contributed by atoms with Crippen LogP contribution in [0.3, 0.4) is 0 Å². The zero-order valence-corrected chi connectivity index (χ0v) is 12.4. The fourth-order valence-corrected chi connectivity index (χ4v) is 3.16. The number of benzene rings is 1. The Kier molecular flexibility index (Phi) is 3.60. The Labute approximate surface area is 123 Å². The van der Waals surface area contributed by atoms with E-state index < -0.39 is 10.0 Å².